The van der Waals surface area contributed by atoms with E-state index in [1.54, 1.807) is 0 Å². The van der Waals surface area contributed by atoms with Crippen LogP contribution in [0.3, 0.4) is 0 Å². The van der Waals surface area contributed by atoms with Crippen LogP contribution in [-0.2, 0) is 10.0 Å². The van der Waals surface area contributed by atoms with Gasteiger partial charge in [-0.1, -0.05) is 37.8 Å². The Hall–Kier alpha value is -0.650. The lowest BCUT2D eigenvalue weighted by Crippen LogP contribution is -2.37. The second-order valence-electron chi connectivity index (χ2n) is 5.50. The summed E-state index contributed by atoms with van der Waals surface area (Å²) in [5, 5.41) is 0.205. The lowest BCUT2D eigenvalue weighted by atomic mass is 9.76. The van der Waals surface area contributed by atoms with Gasteiger partial charge in [-0.25, -0.2) is 13.1 Å². The molecule has 6 heteroatoms. The molecule has 4 nitrogen and oxygen atoms in total. The highest BCUT2D eigenvalue weighted by Gasteiger charge is 2.29. The molecule has 0 spiro atoms. The highest BCUT2D eigenvalue weighted by Crippen LogP contribution is 2.35. The van der Waals surface area contributed by atoms with Crippen molar-refractivity contribution in [3.63, 3.8) is 0 Å². The number of sulfonamides is 1. The molecule has 0 aliphatic heterocycles. The van der Waals surface area contributed by atoms with Crippen molar-refractivity contribution in [2.45, 2.75) is 43.9 Å². The van der Waals surface area contributed by atoms with E-state index in [0.717, 1.165) is 12.8 Å². The Morgan fingerprint density at radius 1 is 1.37 bits per heavy atom. The second-order valence-corrected chi connectivity index (χ2v) is 7.64. The Labute approximate surface area is 119 Å². The topological polar surface area (TPSA) is 59.1 Å². The molecule has 1 aromatic rings. The minimum Gasteiger partial charge on any atom is -0.263 e. The maximum Gasteiger partial charge on any atom is 0.243 e. The predicted molar refractivity (Wildman–Crippen MR) is 75.6 cm³/mol. The highest BCUT2D eigenvalue weighted by molar-refractivity contribution is 7.89. The van der Waals surface area contributed by atoms with Crippen molar-refractivity contribution in [3.05, 3.63) is 23.5 Å². The van der Waals surface area contributed by atoms with Crippen LogP contribution in [0, 0.1) is 5.41 Å². The Kier molecular flexibility index (Phi) is 4.48. The standard InChI is InChI=1S/C13H19ClN2O2S/c1-13(6-3-2-4-7-13)10-16-19(17,18)12-9-15-8-5-11(12)14/h5,8-9,16H,2-4,6-7,10H2,1H3. The van der Waals surface area contributed by atoms with Gasteiger partial charge in [-0.05, 0) is 24.3 Å². The summed E-state index contributed by atoms with van der Waals surface area (Å²) < 4.78 is 27.1. The third kappa shape index (κ3) is 3.68. The fourth-order valence-electron chi connectivity index (χ4n) is 2.49. The van der Waals surface area contributed by atoms with Crippen molar-refractivity contribution < 1.29 is 8.42 Å². The number of aromatic nitrogens is 1. The van der Waals surface area contributed by atoms with E-state index in [4.69, 9.17) is 11.6 Å². The summed E-state index contributed by atoms with van der Waals surface area (Å²) in [6.45, 7) is 2.60. The van der Waals surface area contributed by atoms with E-state index in [1.165, 1.54) is 37.7 Å². The zero-order chi connectivity index (χ0) is 13.9. The van der Waals surface area contributed by atoms with Gasteiger partial charge in [0, 0.05) is 18.9 Å². The number of halogens is 1. The van der Waals surface area contributed by atoms with Gasteiger partial charge >= 0.3 is 0 Å². The third-order valence-electron chi connectivity index (χ3n) is 3.77. The molecule has 1 aliphatic rings. The van der Waals surface area contributed by atoms with Gasteiger partial charge in [0.15, 0.2) is 0 Å². The number of hydrogen-bond donors (Lipinski definition) is 1. The van der Waals surface area contributed by atoms with Crippen LogP contribution < -0.4 is 4.72 Å². The van der Waals surface area contributed by atoms with Crippen LogP contribution in [-0.4, -0.2) is 19.9 Å². The molecule has 1 heterocycles. The minimum atomic E-state index is -3.57. The van der Waals surface area contributed by atoms with Crippen molar-refractivity contribution in [1.82, 2.24) is 9.71 Å². The molecule has 0 aromatic carbocycles. The van der Waals surface area contributed by atoms with E-state index in [-0.39, 0.29) is 15.3 Å². The molecular weight excluding hydrogens is 284 g/mol. The van der Waals surface area contributed by atoms with Crippen molar-refractivity contribution in [2.24, 2.45) is 5.41 Å². The van der Waals surface area contributed by atoms with Crippen LogP contribution in [0.15, 0.2) is 23.4 Å². The summed E-state index contributed by atoms with van der Waals surface area (Å²) in [6.07, 6.45) is 8.48. The van der Waals surface area contributed by atoms with Crippen LogP contribution >= 0.6 is 11.6 Å². The Morgan fingerprint density at radius 3 is 2.68 bits per heavy atom. The molecule has 1 N–H and O–H groups in total. The lowest BCUT2D eigenvalue weighted by molar-refractivity contribution is 0.219. The summed E-state index contributed by atoms with van der Waals surface area (Å²) in [5.41, 5.74) is 0.0556. The maximum atomic E-state index is 12.2. The van der Waals surface area contributed by atoms with Crippen molar-refractivity contribution in [2.75, 3.05) is 6.54 Å². The van der Waals surface area contributed by atoms with E-state index in [2.05, 4.69) is 16.6 Å². The number of pyridine rings is 1. The molecule has 1 aliphatic carbocycles. The first kappa shape index (κ1) is 14.8. The van der Waals surface area contributed by atoms with Crippen LogP contribution in [0.25, 0.3) is 0 Å². The minimum absolute atomic E-state index is 0.0519. The van der Waals surface area contributed by atoms with Gasteiger partial charge < -0.3 is 0 Å². The largest absolute Gasteiger partial charge is 0.263 e. The van der Waals surface area contributed by atoms with Gasteiger partial charge in [-0.15, -0.1) is 0 Å². The van der Waals surface area contributed by atoms with Gasteiger partial charge in [0.05, 0.1) is 5.02 Å². The summed E-state index contributed by atoms with van der Waals surface area (Å²) in [6, 6.07) is 1.48. The molecule has 1 aromatic heterocycles. The summed E-state index contributed by atoms with van der Waals surface area (Å²) in [4.78, 5) is 3.87. The maximum absolute atomic E-state index is 12.2. The molecule has 1 saturated carbocycles. The first-order chi connectivity index (χ1) is 8.93. The molecule has 0 unspecified atom stereocenters. The summed E-state index contributed by atoms with van der Waals surface area (Å²) in [7, 11) is -3.57. The molecule has 2 rings (SSSR count). The molecule has 0 amide bonds. The van der Waals surface area contributed by atoms with E-state index < -0.39 is 10.0 Å². The van der Waals surface area contributed by atoms with Gasteiger partial charge in [-0.2, -0.15) is 0 Å². The first-order valence-corrected chi connectivity index (χ1v) is 8.38. The summed E-state index contributed by atoms with van der Waals surface area (Å²) in [5.74, 6) is 0. The highest BCUT2D eigenvalue weighted by atomic mass is 35.5. The Balaban J connectivity index is 2.08. The van der Waals surface area contributed by atoms with Crippen LogP contribution in [0.5, 0.6) is 0 Å². The van der Waals surface area contributed by atoms with Crippen LogP contribution in [0.2, 0.25) is 5.02 Å². The van der Waals surface area contributed by atoms with E-state index in [0.29, 0.717) is 6.54 Å². The molecular formula is C13H19ClN2O2S. The van der Waals surface area contributed by atoms with Crippen LogP contribution in [0.4, 0.5) is 0 Å². The van der Waals surface area contributed by atoms with Gasteiger partial charge in [0.1, 0.15) is 4.90 Å². The zero-order valence-corrected chi connectivity index (χ0v) is 12.6. The Bertz CT molecular complexity index is 539. The third-order valence-corrected chi connectivity index (χ3v) is 5.64. The van der Waals surface area contributed by atoms with E-state index in [1.807, 2.05) is 0 Å². The molecule has 0 radical (unpaired) electrons. The van der Waals surface area contributed by atoms with Crippen molar-refractivity contribution in [1.29, 1.82) is 0 Å². The number of nitrogens with one attached hydrogen (secondary N) is 1. The molecule has 1 fully saturated rings. The average molecular weight is 303 g/mol. The average Bonchev–Trinajstić information content (AvgIpc) is 2.38. The normalized spacial score (nSPS) is 19.3. The van der Waals surface area contributed by atoms with Gasteiger partial charge in [0.25, 0.3) is 0 Å². The van der Waals surface area contributed by atoms with Crippen molar-refractivity contribution in [3.8, 4) is 0 Å². The molecule has 19 heavy (non-hydrogen) atoms. The predicted octanol–water partition coefficient (Wildman–Crippen LogP) is 2.98. The molecule has 0 bridgehead atoms. The lowest BCUT2D eigenvalue weighted by Gasteiger charge is -2.33. The Morgan fingerprint density at radius 2 is 2.05 bits per heavy atom. The SMILES string of the molecule is CC1(CNS(=O)(=O)c2cnccc2Cl)CCCCC1. The molecule has 106 valence electrons. The monoisotopic (exact) mass is 302 g/mol. The molecule has 0 saturated heterocycles. The van der Waals surface area contributed by atoms with Gasteiger partial charge in [-0.3, -0.25) is 4.98 Å². The summed E-state index contributed by atoms with van der Waals surface area (Å²) >= 11 is 5.91. The quantitative estimate of drug-likeness (QED) is 0.930. The molecule has 0 atom stereocenters. The first-order valence-electron chi connectivity index (χ1n) is 6.52. The fraction of sp³-hybridized carbons (Fsp3) is 0.615. The number of rotatable bonds is 4. The second kappa shape index (κ2) is 5.77. The number of hydrogen-bond acceptors (Lipinski definition) is 3. The fourth-order valence-corrected chi connectivity index (χ4v) is 4.12. The zero-order valence-electron chi connectivity index (χ0n) is 11.0. The van der Waals surface area contributed by atoms with Gasteiger partial charge in [0.2, 0.25) is 10.0 Å². The van der Waals surface area contributed by atoms with Crippen LogP contribution in [0.1, 0.15) is 39.0 Å². The van der Waals surface area contributed by atoms with E-state index >= 15 is 0 Å². The smallest absolute Gasteiger partial charge is 0.243 e. The van der Waals surface area contributed by atoms with Crippen molar-refractivity contribution >= 4 is 21.6 Å². The number of nitrogens with zero attached hydrogens (tertiary/aromatic N) is 1. The van der Waals surface area contributed by atoms with E-state index in [9.17, 15) is 8.42 Å².